The van der Waals surface area contributed by atoms with Gasteiger partial charge in [-0.05, 0) is 31.0 Å². The zero-order valence-electron chi connectivity index (χ0n) is 15.3. The number of imidazole rings is 1. The first kappa shape index (κ1) is 19.4. The number of amides is 1. The molecule has 8 nitrogen and oxygen atoms in total. The van der Waals surface area contributed by atoms with Crippen LogP contribution < -0.4 is 5.32 Å². The van der Waals surface area contributed by atoms with E-state index < -0.39 is 21.7 Å². The largest absolute Gasteiger partial charge is 0.352 e. The fourth-order valence-corrected chi connectivity index (χ4v) is 4.88. The molecule has 1 aromatic carbocycles. The van der Waals surface area contributed by atoms with Crippen LogP contribution in [0, 0.1) is 0 Å². The quantitative estimate of drug-likeness (QED) is 0.811. The molecule has 10 heteroatoms. The zero-order valence-corrected chi connectivity index (χ0v) is 16.9. The first-order valence-corrected chi connectivity index (χ1v) is 11.2. The Labute approximate surface area is 168 Å². The van der Waals surface area contributed by atoms with Crippen LogP contribution in [0.2, 0.25) is 5.02 Å². The molecule has 2 aromatic rings. The van der Waals surface area contributed by atoms with Crippen LogP contribution in [-0.2, 0) is 31.7 Å². The number of piperidine rings is 1. The van der Waals surface area contributed by atoms with Crippen molar-refractivity contribution in [2.24, 2.45) is 0 Å². The van der Waals surface area contributed by atoms with Crippen molar-refractivity contribution in [1.82, 2.24) is 13.9 Å². The highest BCUT2D eigenvalue weighted by Gasteiger charge is 2.48. The van der Waals surface area contributed by atoms with Gasteiger partial charge in [0.2, 0.25) is 10.0 Å². The first-order chi connectivity index (χ1) is 13.3. The molecule has 1 unspecified atom stereocenters. The van der Waals surface area contributed by atoms with Gasteiger partial charge in [0, 0.05) is 36.2 Å². The van der Waals surface area contributed by atoms with Crippen LogP contribution in [0.3, 0.4) is 0 Å². The zero-order chi connectivity index (χ0) is 19.9. The maximum absolute atomic E-state index is 12.8. The second-order valence-corrected chi connectivity index (χ2v) is 9.58. The number of aromatic nitrogens is 2. The van der Waals surface area contributed by atoms with Crippen LogP contribution in [0.25, 0.3) is 0 Å². The highest BCUT2D eigenvalue weighted by atomic mass is 35.5. The standard InChI is InChI=1S/C18H21ClN4O4S/c1-28(25,26)23-8-5-18(6-9-23)17-20-7-10-22(17)12-15(27-18)16(24)21-14-4-2-3-13(19)11-14/h2-4,7,10-11,15H,5-6,8-9,12H2,1H3,(H,21,24). The second-order valence-electron chi connectivity index (χ2n) is 7.17. The van der Waals surface area contributed by atoms with E-state index in [1.54, 1.807) is 30.5 Å². The predicted molar refractivity (Wildman–Crippen MR) is 105 cm³/mol. The number of nitrogens with one attached hydrogen (secondary N) is 1. The number of hydrogen-bond donors (Lipinski definition) is 1. The number of carbonyl (C=O) groups excluding carboxylic acids is 1. The summed E-state index contributed by atoms with van der Waals surface area (Å²) >= 11 is 5.98. The Kier molecular flexibility index (Phi) is 4.95. The molecular weight excluding hydrogens is 404 g/mol. The number of ether oxygens (including phenoxy) is 1. The molecule has 3 heterocycles. The minimum Gasteiger partial charge on any atom is -0.352 e. The Hall–Kier alpha value is -1.94. The fraction of sp³-hybridized carbons (Fsp3) is 0.444. The van der Waals surface area contributed by atoms with Crippen LogP contribution in [0.4, 0.5) is 5.69 Å². The molecule has 28 heavy (non-hydrogen) atoms. The van der Waals surface area contributed by atoms with Gasteiger partial charge in [-0.3, -0.25) is 4.79 Å². The van der Waals surface area contributed by atoms with Gasteiger partial charge < -0.3 is 14.6 Å². The molecule has 1 amide bonds. The molecule has 1 saturated heterocycles. The van der Waals surface area contributed by atoms with E-state index >= 15 is 0 Å². The summed E-state index contributed by atoms with van der Waals surface area (Å²) in [5.41, 5.74) is -0.183. The average Bonchev–Trinajstić information content (AvgIpc) is 3.11. The smallest absolute Gasteiger partial charge is 0.255 e. The number of fused-ring (bicyclic) bond motifs is 2. The van der Waals surface area contributed by atoms with Crippen molar-refractivity contribution in [3.63, 3.8) is 0 Å². The molecule has 150 valence electrons. The highest BCUT2D eigenvalue weighted by molar-refractivity contribution is 7.88. The van der Waals surface area contributed by atoms with Gasteiger partial charge in [-0.1, -0.05) is 17.7 Å². The third-order valence-electron chi connectivity index (χ3n) is 5.24. The van der Waals surface area contributed by atoms with Crippen LogP contribution in [0.1, 0.15) is 18.7 Å². The van der Waals surface area contributed by atoms with E-state index in [1.807, 2.05) is 10.8 Å². The lowest BCUT2D eigenvalue weighted by atomic mass is 9.89. The summed E-state index contributed by atoms with van der Waals surface area (Å²) in [5, 5.41) is 3.37. The van der Waals surface area contributed by atoms with Gasteiger partial charge in [0.25, 0.3) is 5.91 Å². The molecule has 2 aliphatic heterocycles. The van der Waals surface area contributed by atoms with E-state index in [4.69, 9.17) is 16.3 Å². The molecule has 1 N–H and O–H groups in total. The third-order valence-corrected chi connectivity index (χ3v) is 6.78. The van der Waals surface area contributed by atoms with Crippen molar-refractivity contribution in [3.05, 3.63) is 47.5 Å². The van der Waals surface area contributed by atoms with Crippen molar-refractivity contribution >= 4 is 33.2 Å². The Balaban J connectivity index is 1.55. The molecule has 1 aromatic heterocycles. The Morgan fingerprint density at radius 2 is 2.11 bits per heavy atom. The molecular formula is C18H21ClN4O4S. The van der Waals surface area contributed by atoms with E-state index in [0.29, 0.717) is 43.2 Å². The van der Waals surface area contributed by atoms with E-state index in [1.165, 1.54) is 10.6 Å². The van der Waals surface area contributed by atoms with Crippen molar-refractivity contribution in [3.8, 4) is 0 Å². The molecule has 1 fully saturated rings. The molecule has 0 radical (unpaired) electrons. The summed E-state index contributed by atoms with van der Waals surface area (Å²) in [5.74, 6) is 0.471. The molecule has 4 rings (SSSR count). The number of anilines is 1. The normalized spacial score (nSPS) is 22.0. The highest BCUT2D eigenvalue weighted by Crippen LogP contribution is 2.40. The molecule has 1 spiro atoms. The lowest BCUT2D eigenvalue weighted by Crippen LogP contribution is -2.53. The van der Waals surface area contributed by atoms with Crippen LogP contribution in [0.15, 0.2) is 36.7 Å². The molecule has 0 bridgehead atoms. The molecule has 0 saturated carbocycles. The Morgan fingerprint density at radius 3 is 2.79 bits per heavy atom. The van der Waals surface area contributed by atoms with Gasteiger partial charge in [-0.2, -0.15) is 0 Å². The number of sulfonamides is 1. The summed E-state index contributed by atoms with van der Waals surface area (Å²) in [7, 11) is -3.26. The monoisotopic (exact) mass is 424 g/mol. The maximum atomic E-state index is 12.8. The predicted octanol–water partition coefficient (Wildman–Crippen LogP) is 1.82. The third kappa shape index (κ3) is 3.67. The van der Waals surface area contributed by atoms with Gasteiger partial charge in [0.15, 0.2) is 6.10 Å². The summed E-state index contributed by atoms with van der Waals surface area (Å²) in [6, 6.07) is 6.92. The van der Waals surface area contributed by atoms with Gasteiger partial charge in [-0.15, -0.1) is 0 Å². The van der Waals surface area contributed by atoms with Gasteiger partial charge in [-0.25, -0.2) is 17.7 Å². The number of rotatable bonds is 3. The Bertz CT molecular complexity index is 999. The summed E-state index contributed by atoms with van der Waals surface area (Å²) in [4.78, 5) is 17.3. The lowest BCUT2D eigenvalue weighted by Gasteiger charge is -2.44. The summed E-state index contributed by atoms with van der Waals surface area (Å²) < 4.78 is 33.3. The molecule has 2 aliphatic rings. The fourth-order valence-electron chi connectivity index (χ4n) is 3.84. The summed E-state index contributed by atoms with van der Waals surface area (Å²) in [6.45, 7) is 1.00. The maximum Gasteiger partial charge on any atom is 0.255 e. The average molecular weight is 425 g/mol. The SMILES string of the molecule is CS(=O)(=O)N1CCC2(CC1)OC(C(=O)Nc1cccc(Cl)c1)Cn1ccnc12. The van der Waals surface area contributed by atoms with Crippen LogP contribution in [-0.4, -0.2) is 53.6 Å². The van der Waals surface area contributed by atoms with Crippen molar-refractivity contribution in [1.29, 1.82) is 0 Å². The van der Waals surface area contributed by atoms with Gasteiger partial charge in [0.1, 0.15) is 11.4 Å². The number of nitrogens with zero attached hydrogens (tertiary/aromatic N) is 3. The number of benzene rings is 1. The Morgan fingerprint density at radius 1 is 1.36 bits per heavy atom. The number of carbonyl (C=O) groups is 1. The van der Waals surface area contributed by atoms with Gasteiger partial charge in [0.05, 0.1) is 12.8 Å². The number of halogens is 1. The van der Waals surface area contributed by atoms with E-state index in [0.717, 1.165) is 5.82 Å². The van der Waals surface area contributed by atoms with E-state index in [9.17, 15) is 13.2 Å². The van der Waals surface area contributed by atoms with Crippen LogP contribution >= 0.6 is 11.6 Å². The van der Waals surface area contributed by atoms with Crippen LogP contribution in [0.5, 0.6) is 0 Å². The minimum atomic E-state index is -3.26. The van der Waals surface area contributed by atoms with E-state index in [-0.39, 0.29) is 5.91 Å². The topological polar surface area (TPSA) is 93.5 Å². The van der Waals surface area contributed by atoms with Crippen molar-refractivity contribution in [2.45, 2.75) is 31.1 Å². The summed E-state index contributed by atoms with van der Waals surface area (Å²) in [6.07, 6.45) is 4.87. The van der Waals surface area contributed by atoms with Crippen molar-refractivity contribution < 1.29 is 17.9 Å². The first-order valence-electron chi connectivity index (χ1n) is 8.98. The lowest BCUT2D eigenvalue weighted by molar-refractivity contribution is -0.166. The van der Waals surface area contributed by atoms with Crippen molar-refractivity contribution in [2.75, 3.05) is 24.7 Å². The number of hydrogen-bond acceptors (Lipinski definition) is 5. The molecule has 0 aliphatic carbocycles. The van der Waals surface area contributed by atoms with Gasteiger partial charge >= 0.3 is 0 Å². The van der Waals surface area contributed by atoms with E-state index in [2.05, 4.69) is 10.3 Å². The second kappa shape index (κ2) is 7.14. The molecule has 1 atom stereocenters. The minimum absolute atomic E-state index is 0.272.